The van der Waals surface area contributed by atoms with E-state index in [1.54, 1.807) is 29.2 Å². The largest absolute Gasteiger partial charge is 0.389 e. The molecule has 6 atom stereocenters. The van der Waals surface area contributed by atoms with Gasteiger partial charge in [0, 0.05) is 44.4 Å². The molecule has 8 nitrogen and oxygen atoms in total. The molecule has 286 valence electrons. The Hall–Kier alpha value is -3.59. The molecule has 3 aromatic rings. The number of aromatic amines is 1. The summed E-state index contributed by atoms with van der Waals surface area (Å²) in [5, 5.41) is 20.4. The lowest BCUT2D eigenvalue weighted by atomic mass is 9.46. The number of aromatic nitrogens is 2. The van der Waals surface area contributed by atoms with E-state index in [2.05, 4.69) is 31.0 Å². The lowest BCUT2D eigenvalue weighted by Crippen LogP contribution is -2.55. The predicted molar refractivity (Wildman–Crippen MR) is 206 cm³/mol. The quantitative estimate of drug-likeness (QED) is 0.220. The Balaban J connectivity index is 0.926. The fourth-order valence-corrected chi connectivity index (χ4v) is 11.4. The maximum Gasteiger partial charge on any atom is 0.272 e. The summed E-state index contributed by atoms with van der Waals surface area (Å²) in [6.45, 7) is 8.56. The first-order valence-corrected chi connectivity index (χ1v) is 20.5. The van der Waals surface area contributed by atoms with Crippen LogP contribution in [0.4, 0.5) is 4.39 Å². The molecule has 3 saturated carbocycles. The van der Waals surface area contributed by atoms with Gasteiger partial charge in [0.15, 0.2) is 0 Å². The van der Waals surface area contributed by atoms with Gasteiger partial charge in [-0.1, -0.05) is 64.3 Å². The molecule has 1 saturated heterocycles. The van der Waals surface area contributed by atoms with Crippen LogP contribution in [0.25, 0.3) is 10.8 Å². The summed E-state index contributed by atoms with van der Waals surface area (Å²) in [5.74, 6) is 1.44. The first kappa shape index (κ1) is 37.7. The van der Waals surface area contributed by atoms with Crippen LogP contribution in [-0.4, -0.2) is 68.7 Å². The second-order valence-electron chi connectivity index (χ2n) is 17.5. The number of amides is 2. The van der Waals surface area contributed by atoms with Gasteiger partial charge in [-0.2, -0.15) is 5.10 Å². The molecular weight excluding hydrogens is 668 g/mol. The van der Waals surface area contributed by atoms with E-state index in [0.717, 1.165) is 42.9 Å². The van der Waals surface area contributed by atoms with Crippen LogP contribution in [-0.2, 0) is 11.2 Å². The monoisotopic (exact) mass is 726 g/mol. The van der Waals surface area contributed by atoms with Crippen molar-refractivity contribution in [2.45, 2.75) is 123 Å². The number of halogens is 1. The molecule has 53 heavy (non-hydrogen) atoms. The van der Waals surface area contributed by atoms with E-state index in [9.17, 15) is 19.5 Å². The molecule has 9 heteroatoms. The summed E-state index contributed by atoms with van der Waals surface area (Å²) in [5.41, 5.74) is 0.647. The smallest absolute Gasteiger partial charge is 0.272 e. The van der Waals surface area contributed by atoms with Crippen molar-refractivity contribution in [2.24, 2.45) is 28.6 Å². The van der Waals surface area contributed by atoms with Crippen LogP contribution >= 0.6 is 0 Å². The standard InChI is InChI=1S/C44H59FN4O4/c1-4-19-44(53,42(2)22-18-36-31(29-42)15-16-32-10-7-8-20-43(32,36)3)21-9-13-39(50)48-23-25-49(26-24-48)41(52)35-27-30(14-17-37(35)45)28-38-33-11-5-6-12-34(33)40(51)47-46-38/h5-6,11-12,14,17,27,31-32,36,53H,4,7-10,13,15-16,18-26,28-29H2,1-3H3,(H,47,51)/t31-,32+,36-,42-,43-,44?/m0/s1. The van der Waals surface area contributed by atoms with Crippen molar-refractivity contribution in [3.05, 3.63) is 75.5 Å². The number of H-pyrrole nitrogens is 1. The molecule has 4 fully saturated rings. The minimum atomic E-state index is -0.776. The number of fused-ring (bicyclic) bond motifs is 4. The van der Waals surface area contributed by atoms with Gasteiger partial charge in [0.1, 0.15) is 5.82 Å². The third-order valence-corrected chi connectivity index (χ3v) is 14.6. The van der Waals surface area contributed by atoms with Crippen molar-refractivity contribution in [3.63, 3.8) is 0 Å². The van der Waals surface area contributed by atoms with Crippen molar-refractivity contribution in [2.75, 3.05) is 26.2 Å². The second-order valence-corrected chi connectivity index (χ2v) is 17.5. The molecule has 2 N–H and O–H groups in total. The van der Waals surface area contributed by atoms with Crippen LogP contribution in [0.2, 0.25) is 0 Å². The third-order valence-electron chi connectivity index (χ3n) is 14.6. The van der Waals surface area contributed by atoms with E-state index < -0.39 is 17.3 Å². The third kappa shape index (κ3) is 7.31. The zero-order valence-electron chi connectivity index (χ0n) is 32.1. The van der Waals surface area contributed by atoms with Crippen LogP contribution in [0, 0.1) is 34.4 Å². The van der Waals surface area contributed by atoms with Gasteiger partial charge < -0.3 is 14.9 Å². The van der Waals surface area contributed by atoms with Gasteiger partial charge in [-0.25, -0.2) is 9.49 Å². The number of carbonyl (C=O) groups is 2. The number of nitrogens with zero attached hydrogens (tertiary/aromatic N) is 3. The normalized spacial score (nSPS) is 28.6. The maximum atomic E-state index is 15.0. The SMILES string of the molecule is CCCC(O)(CCCC(=O)N1CCN(C(=O)c2cc(Cc3n[nH]c(=O)c4ccccc34)ccc2F)CC1)[C@@]1(C)CC[C@H]2[C@@H](CC[C@H]3CCCC[C@@]32C)C1. The summed E-state index contributed by atoms with van der Waals surface area (Å²) < 4.78 is 15.0. The van der Waals surface area contributed by atoms with Crippen LogP contribution in [0.15, 0.2) is 47.3 Å². The number of nitrogens with one attached hydrogen (secondary N) is 1. The van der Waals surface area contributed by atoms with Gasteiger partial charge >= 0.3 is 0 Å². The Morgan fingerprint density at radius 1 is 0.962 bits per heavy atom. The fourth-order valence-electron chi connectivity index (χ4n) is 11.4. The highest BCUT2D eigenvalue weighted by Crippen LogP contribution is 2.63. The number of benzene rings is 2. The number of hydrogen-bond acceptors (Lipinski definition) is 5. The lowest BCUT2D eigenvalue weighted by molar-refractivity contribution is -0.154. The van der Waals surface area contributed by atoms with E-state index in [-0.39, 0.29) is 22.4 Å². The Kier molecular flexibility index (Phi) is 10.9. The Morgan fingerprint density at radius 2 is 1.72 bits per heavy atom. The number of carbonyl (C=O) groups excluding carboxylic acids is 2. The van der Waals surface area contributed by atoms with Crippen molar-refractivity contribution in [1.29, 1.82) is 0 Å². The Morgan fingerprint density at radius 3 is 2.49 bits per heavy atom. The van der Waals surface area contributed by atoms with Gasteiger partial charge in [0.2, 0.25) is 5.91 Å². The fraction of sp³-hybridized carbons (Fsp3) is 0.636. The zero-order chi connectivity index (χ0) is 37.4. The van der Waals surface area contributed by atoms with Gasteiger partial charge in [0.05, 0.1) is 22.2 Å². The zero-order valence-corrected chi connectivity index (χ0v) is 32.1. The second kappa shape index (κ2) is 15.3. The van der Waals surface area contributed by atoms with E-state index in [4.69, 9.17) is 0 Å². The van der Waals surface area contributed by atoms with Crippen molar-refractivity contribution in [3.8, 4) is 0 Å². The van der Waals surface area contributed by atoms with Crippen LogP contribution < -0.4 is 5.56 Å². The van der Waals surface area contributed by atoms with Crippen molar-refractivity contribution in [1.82, 2.24) is 20.0 Å². The van der Waals surface area contributed by atoms with E-state index >= 15 is 4.39 Å². The minimum Gasteiger partial charge on any atom is -0.389 e. The molecule has 0 radical (unpaired) electrons. The van der Waals surface area contributed by atoms with E-state index in [1.165, 1.54) is 51.0 Å². The molecule has 0 bridgehead atoms. The molecule has 3 aliphatic carbocycles. The topological polar surface area (TPSA) is 107 Å². The van der Waals surface area contributed by atoms with Crippen molar-refractivity contribution >= 4 is 22.6 Å². The average molecular weight is 727 g/mol. The van der Waals surface area contributed by atoms with Gasteiger partial charge in [-0.15, -0.1) is 0 Å². The van der Waals surface area contributed by atoms with Crippen LogP contribution in [0.3, 0.4) is 0 Å². The first-order valence-electron chi connectivity index (χ1n) is 20.5. The summed E-state index contributed by atoms with van der Waals surface area (Å²) in [7, 11) is 0. The van der Waals surface area contributed by atoms with Gasteiger partial charge in [-0.3, -0.25) is 14.4 Å². The summed E-state index contributed by atoms with van der Waals surface area (Å²) in [6, 6.07) is 11.7. The van der Waals surface area contributed by atoms with Crippen LogP contribution in [0.5, 0.6) is 0 Å². The Bertz CT molecular complexity index is 1870. The van der Waals surface area contributed by atoms with Crippen molar-refractivity contribution < 1.29 is 19.1 Å². The highest BCUT2D eigenvalue weighted by Gasteiger charge is 2.56. The molecular formula is C44H59FN4O4. The number of aliphatic hydroxyl groups is 1. The molecule has 1 unspecified atom stereocenters. The lowest BCUT2D eigenvalue weighted by Gasteiger charge is -2.60. The molecule has 2 amide bonds. The number of rotatable bonds is 10. The molecule has 2 heterocycles. The Labute approximate surface area is 313 Å². The summed E-state index contributed by atoms with van der Waals surface area (Å²) in [4.78, 5) is 42.7. The molecule has 7 rings (SSSR count). The summed E-state index contributed by atoms with van der Waals surface area (Å²) >= 11 is 0. The van der Waals surface area contributed by atoms with Gasteiger partial charge in [0.25, 0.3) is 11.5 Å². The van der Waals surface area contributed by atoms with Gasteiger partial charge in [-0.05, 0) is 117 Å². The molecule has 1 aliphatic heterocycles. The number of hydrogen-bond donors (Lipinski definition) is 2. The minimum absolute atomic E-state index is 0.00497. The highest BCUT2D eigenvalue weighted by molar-refractivity contribution is 5.95. The molecule has 0 spiro atoms. The highest BCUT2D eigenvalue weighted by atomic mass is 19.1. The van der Waals surface area contributed by atoms with Crippen LogP contribution in [0.1, 0.15) is 132 Å². The average Bonchev–Trinajstić information content (AvgIpc) is 3.16. The molecule has 4 aliphatic rings. The summed E-state index contributed by atoms with van der Waals surface area (Å²) in [6.07, 6.45) is 15.3. The maximum absolute atomic E-state index is 15.0. The first-order chi connectivity index (χ1) is 25.4. The predicted octanol–water partition coefficient (Wildman–Crippen LogP) is 8.05. The number of piperazine rings is 1. The van der Waals surface area contributed by atoms with E-state index in [0.29, 0.717) is 79.8 Å². The molecule has 1 aromatic heterocycles. The molecule has 2 aromatic carbocycles. The van der Waals surface area contributed by atoms with E-state index in [1.807, 2.05) is 17.0 Å².